The molecule has 3 heteroatoms. The fraction of sp³-hybridized carbons (Fsp3) is 0.136. The highest BCUT2D eigenvalue weighted by molar-refractivity contribution is 5.71. The quantitative estimate of drug-likeness (QED) is 0.796. The number of para-hydroxylation sites is 1. The molecule has 3 nitrogen and oxygen atoms in total. The third-order valence-electron chi connectivity index (χ3n) is 3.97. The second-order valence-electron chi connectivity index (χ2n) is 5.82. The summed E-state index contributed by atoms with van der Waals surface area (Å²) in [6, 6.07) is 15.9. The zero-order chi connectivity index (χ0) is 17.5. The first-order valence-corrected chi connectivity index (χ1v) is 8.34. The van der Waals surface area contributed by atoms with E-state index in [9.17, 15) is 4.79 Å². The number of carboxylic acids is 1. The smallest absolute Gasteiger partial charge is 0.303 e. The zero-order valence-corrected chi connectivity index (χ0v) is 13.9. The van der Waals surface area contributed by atoms with Gasteiger partial charge >= 0.3 is 5.97 Å². The summed E-state index contributed by atoms with van der Waals surface area (Å²) >= 11 is 0. The number of rotatable bonds is 6. The van der Waals surface area contributed by atoms with Crippen LogP contribution in [0, 0.1) is 0 Å². The van der Waals surface area contributed by atoms with Crippen LogP contribution in [-0.4, -0.2) is 11.1 Å². The van der Waals surface area contributed by atoms with Crippen molar-refractivity contribution >= 4 is 5.97 Å². The lowest BCUT2D eigenvalue weighted by atomic mass is 10.0. The van der Waals surface area contributed by atoms with Crippen LogP contribution in [0.3, 0.4) is 0 Å². The Labute approximate surface area is 147 Å². The Bertz CT molecular complexity index is 827. The van der Waals surface area contributed by atoms with Crippen LogP contribution >= 0.6 is 0 Å². The zero-order valence-electron chi connectivity index (χ0n) is 13.9. The van der Waals surface area contributed by atoms with E-state index in [1.165, 1.54) is 0 Å². The predicted octanol–water partition coefficient (Wildman–Crippen LogP) is 5.15. The van der Waals surface area contributed by atoms with E-state index < -0.39 is 5.97 Å². The molecule has 2 aromatic rings. The molecule has 0 aliphatic heterocycles. The van der Waals surface area contributed by atoms with Gasteiger partial charge in [0.1, 0.15) is 11.5 Å². The molecule has 0 bridgehead atoms. The monoisotopic (exact) mass is 332 g/mol. The van der Waals surface area contributed by atoms with Gasteiger partial charge in [-0.3, -0.25) is 4.79 Å². The van der Waals surface area contributed by atoms with Crippen LogP contribution in [0.5, 0.6) is 5.75 Å². The maximum atomic E-state index is 10.7. The second-order valence-corrected chi connectivity index (χ2v) is 5.82. The number of aryl methyl sites for hydroxylation is 1. The molecule has 2 aromatic carbocycles. The standard InChI is InChI=1S/C22H20O3/c23-22(24)16-13-17-11-14-18(15-12-17)20-9-5-6-10-21(20)25-19-7-3-1-2-4-8-19/h1-3,5-12,14-15H,4,13,16H2,(H,23,24). The summed E-state index contributed by atoms with van der Waals surface area (Å²) in [5.74, 6) is 0.858. The summed E-state index contributed by atoms with van der Waals surface area (Å²) in [6.45, 7) is 0. The number of carbonyl (C=O) groups is 1. The minimum Gasteiger partial charge on any atom is -0.481 e. The van der Waals surface area contributed by atoms with Gasteiger partial charge in [0.05, 0.1) is 0 Å². The van der Waals surface area contributed by atoms with Crippen LogP contribution in [0.4, 0.5) is 0 Å². The van der Waals surface area contributed by atoms with E-state index in [2.05, 4.69) is 6.08 Å². The molecule has 126 valence electrons. The highest BCUT2D eigenvalue weighted by Gasteiger charge is 2.08. The average Bonchev–Trinajstić information content (AvgIpc) is 2.90. The van der Waals surface area contributed by atoms with Crippen molar-refractivity contribution in [2.45, 2.75) is 19.3 Å². The van der Waals surface area contributed by atoms with Crippen LogP contribution in [-0.2, 0) is 11.2 Å². The molecule has 0 saturated heterocycles. The largest absolute Gasteiger partial charge is 0.481 e. The molecule has 0 radical (unpaired) electrons. The van der Waals surface area contributed by atoms with Gasteiger partial charge in [-0.25, -0.2) is 0 Å². The van der Waals surface area contributed by atoms with Crippen LogP contribution < -0.4 is 4.74 Å². The lowest BCUT2D eigenvalue weighted by Crippen LogP contribution is -1.97. The molecule has 1 aliphatic rings. The third kappa shape index (κ3) is 4.70. The van der Waals surface area contributed by atoms with Gasteiger partial charge in [0.25, 0.3) is 0 Å². The second kappa shape index (κ2) is 8.15. The van der Waals surface area contributed by atoms with E-state index in [-0.39, 0.29) is 6.42 Å². The SMILES string of the molecule is O=C(O)CCc1ccc(-c2ccccc2OC2=CCC=CC=C2)cc1. The van der Waals surface area contributed by atoms with Gasteiger partial charge < -0.3 is 9.84 Å². The molecule has 0 amide bonds. The van der Waals surface area contributed by atoms with Gasteiger partial charge in [0.2, 0.25) is 0 Å². The predicted molar refractivity (Wildman–Crippen MR) is 99.4 cm³/mol. The van der Waals surface area contributed by atoms with Crippen molar-refractivity contribution < 1.29 is 14.6 Å². The lowest BCUT2D eigenvalue weighted by molar-refractivity contribution is -0.136. The summed E-state index contributed by atoms with van der Waals surface area (Å²) in [6.07, 6.45) is 11.6. The summed E-state index contributed by atoms with van der Waals surface area (Å²) in [5.41, 5.74) is 3.08. The number of aliphatic carboxylic acids is 1. The van der Waals surface area contributed by atoms with Gasteiger partial charge in [0, 0.05) is 12.0 Å². The molecule has 0 aromatic heterocycles. The van der Waals surface area contributed by atoms with Gasteiger partial charge in [-0.2, -0.15) is 0 Å². The van der Waals surface area contributed by atoms with E-state index in [1.54, 1.807) is 0 Å². The first-order valence-electron chi connectivity index (χ1n) is 8.34. The molecular formula is C22H20O3. The Hall–Kier alpha value is -3.07. The maximum absolute atomic E-state index is 10.7. The van der Waals surface area contributed by atoms with Gasteiger partial charge in [-0.05, 0) is 42.2 Å². The van der Waals surface area contributed by atoms with E-state index in [1.807, 2.05) is 72.8 Å². The van der Waals surface area contributed by atoms with Crippen molar-refractivity contribution in [3.05, 3.63) is 90.2 Å². The normalized spacial score (nSPS) is 13.2. The minimum atomic E-state index is -0.776. The fourth-order valence-corrected chi connectivity index (χ4v) is 2.66. The summed E-state index contributed by atoms with van der Waals surface area (Å²) in [4.78, 5) is 10.7. The minimum absolute atomic E-state index is 0.146. The van der Waals surface area contributed by atoms with Crippen molar-refractivity contribution in [3.63, 3.8) is 0 Å². The fourth-order valence-electron chi connectivity index (χ4n) is 2.66. The van der Waals surface area contributed by atoms with E-state index in [0.717, 1.165) is 34.6 Å². The van der Waals surface area contributed by atoms with Crippen LogP contribution in [0.15, 0.2) is 84.7 Å². The van der Waals surface area contributed by atoms with Crippen LogP contribution in [0.2, 0.25) is 0 Å². The number of carboxylic acid groups (broad SMARTS) is 1. The molecule has 0 fully saturated rings. The molecule has 0 unspecified atom stereocenters. The summed E-state index contributed by atoms with van der Waals surface area (Å²) in [5, 5.41) is 8.79. The molecule has 0 saturated carbocycles. The third-order valence-corrected chi connectivity index (χ3v) is 3.97. The number of allylic oxidation sites excluding steroid dienone is 5. The van der Waals surface area contributed by atoms with E-state index in [4.69, 9.17) is 9.84 Å². The highest BCUT2D eigenvalue weighted by Crippen LogP contribution is 2.31. The Morgan fingerprint density at radius 3 is 2.64 bits per heavy atom. The molecular weight excluding hydrogens is 312 g/mol. The Balaban J connectivity index is 1.80. The lowest BCUT2D eigenvalue weighted by Gasteiger charge is -2.12. The summed E-state index contributed by atoms with van der Waals surface area (Å²) in [7, 11) is 0. The molecule has 3 rings (SSSR count). The number of hydrogen-bond donors (Lipinski definition) is 1. The average molecular weight is 332 g/mol. The highest BCUT2D eigenvalue weighted by atomic mass is 16.5. The van der Waals surface area contributed by atoms with Crippen LogP contribution in [0.1, 0.15) is 18.4 Å². The molecule has 1 aliphatic carbocycles. The Morgan fingerprint density at radius 2 is 1.84 bits per heavy atom. The first-order chi connectivity index (χ1) is 12.2. The van der Waals surface area contributed by atoms with Gasteiger partial charge in [-0.1, -0.05) is 60.7 Å². The number of benzene rings is 2. The molecule has 0 heterocycles. The van der Waals surface area contributed by atoms with Gasteiger partial charge in [-0.15, -0.1) is 0 Å². The van der Waals surface area contributed by atoms with Crippen molar-refractivity contribution in [1.82, 2.24) is 0 Å². The van der Waals surface area contributed by atoms with Crippen molar-refractivity contribution in [3.8, 4) is 16.9 Å². The van der Waals surface area contributed by atoms with Crippen molar-refractivity contribution in [2.24, 2.45) is 0 Å². The van der Waals surface area contributed by atoms with E-state index >= 15 is 0 Å². The topological polar surface area (TPSA) is 46.5 Å². The molecule has 1 N–H and O–H groups in total. The van der Waals surface area contributed by atoms with E-state index in [0.29, 0.717) is 6.42 Å². The number of ether oxygens (including phenoxy) is 1. The van der Waals surface area contributed by atoms with Gasteiger partial charge in [0.15, 0.2) is 0 Å². The number of hydrogen-bond acceptors (Lipinski definition) is 2. The molecule has 0 spiro atoms. The maximum Gasteiger partial charge on any atom is 0.303 e. The Kier molecular flexibility index (Phi) is 5.47. The van der Waals surface area contributed by atoms with Crippen molar-refractivity contribution in [2.75, 3.05) is 0 Å². The molecule has 25 heavy (non-hydrogen) atoms. The molecule has 0 atom stereocenters. The first kappa shape index (κ1) is 16.8. The van der Waals surface area contributed by atoms with Crippen LogP contribution in [0.25, 0.3) is 11.1 Å². The van der Waals surface area contributed by atoms with Crippen molar-refractivity contribution in [1.29, 1.82) is 0 Å². The Morgan fingerprint density at radius 1 is 1.04 bits per heavy atom. The summed E-state index contributed by atoms with van der Waals surface area (Å²) < 4.78 is 6.09.